The van der Waals surface area contributed by atoms with Crippen molar-refractivity contribution in [3.05, 3.63) is 0 Å². The van der Waals surface area contributed by atoms with Crippen molar-refractivity contribution in [1.29, 1.82) is 0 Å². The number of ether oxygens (including phenoxy) is 1. The van der Waals surface area contributed by atoms with E-state index in [2.05, 4.69) is 43.3 Å². The van der Waals surface area contributed by atoms with E-state index in [0.29, 0.717) is 44.2 Å². The Kier molecular flexibility index (Phi) is 8.45. The van der Waals surface area contributed by atoms with E-state index < -0.39 is 10.0 Å². The predicted octanol–water partition coefficient (Wildman–Crippen LogP) is 1.03. The van der Waals surface area contributed by atoms with E-state index in [1.807, 2.05) is 0 Å². The second-order valence-electron chi connectivity index (χ2n) is 7.47. The molecular formula is C16H34N4O3S. The molecule has 1 rings (SSSR count). The smallest absolute Gasteiger partial charge is 0.215 e. The normalized spacial score (nSPS) is 19.1. The van der Waals surface area contributed by atoms with Gasteiger partial charge in [-0.05, 0) is 25.2 Å². The van der Waals surface area contributed by atoms with Crippen LogP contribution in [0.5, 0.6) is 0 Å². The Morgan fingerprint density at radius 2 is 1.92 bits per heavy atom. The van der Waals surface area contributed by atoms with Crippen molar-refractivity contribution < 1.29 is 13.2 Å². The highest BCUT2D eigenvalue weighted by atomic mass is 32.2. The van der Waals surface area contributed by atoms with E-state index in [4.69, 9.17) is 4.74 Å². The van der Waals surface area contributed by atoms with Crippen LogP contribution in [0.3, 0.4) is 0 Å². The molecule has 0 aromatic heterocycles. The van der Waals surface area contributed by atoms with Crippen LogP contribution in [0.2, 0.25) is 0 Å². The zero-order valence-electron chi connectivity index (χ0n) is 15.8. The fourth-order valence-electron chi connectivity index (χ4n) is 2.40. The Hall–Kier alpha value is -0.860. The fourth-order valence-corrected chi connectivity index (χ4v) is 3.73. The molecular weight excluding hydrogens is 328 g/mol. The van der Waals surface area contributed by atoms with Crippen LogP contribution in [0, 0.1) is 5.41 Å². The van der Waals surface area contributed by atoms with Crippen molar-refractivity contribution in [3.63, 3.8) is 0 Å². The average Bonchev–Trinajstić information content (AvgIpc) is 2.52. The van der Waals surface area contributed by atoms with Crippen molar-refractivity contribution in [1.82, 2.24) is 14.9 Å². The van der Waals surface area contributed by atoms with Gasteiger partial charge in [0.2, 0.25) is 10.0 Å². The SMILES string of the molecule is CN=C(NCCS(=O)(=O)N1CCOCC1)NC(C)CCC(C)(C)C. The van der Waals surface area contributed by atoms with Gasteiger partial charge in [0.05, 0.1) is 19.0 Å². The van der Waals surface area contributed by atoms with E-state index in [-0.39, 0.29) is 11.8 Å². The van der Waals surface area contributed by atoms with Gasteiger partial charge in [-0.2, -0.15) is 4.31 Å². The summed E-state index contributed by atoms with van der Waals surface area (Å²) in [7, 11) is -1.54. The molecule has 0 bridgehead atoms. The van der Waals surface area contributed by atoms with Crippen molar-refractivity contribution in [3.8, 4) is 0 Å². The molecule has 142 valence electrons. The maximum absolute atomic E-state index is 12.3. The molecule has 0 spiro atoms. The molecule has 2 N–H and O–H groups in total. The summed E-state index contributed by atoms with van der Waals surface area (Å²) in [5.41, 5.74) is 0.305. The van der Waals surface area contributed by atoms with Crippen molar-refractivity contribution >= 4 is 16.0 Å². The topological polar surface area (TPSA) is 83.0 Å². The summed E-state index contributed by atoms with van der Waals surface area (Å²) in [5.74, 6) is 0.706. The molecule has 1 atom stereocenters. The largest absolute Gasteiger partial charge is 0.379 e. The molecule has 0 saturated carbocycles. The average molecular weight is 363 g/mol. The minimum Gasteiger partial charge on any atom is -0.379 e. The third kappa shape index (κ3) is 8.30. The molecule has 0 radical (unpaired) electrons. The highest BCUT2D eigenvalue weighted by molar-refractivity contribution is 7.89. The summed E-state index contributed by atoms with van der Waals surface area (Å²) in [6, 6.07) is 0.284. The number of hydrogen-bond donors (Lipinski definition) is 2. The van der Waals surface area contributed by atoms with Crippen LogP contribution in [-0.2, 0) is 14.8 Å². The standard InChI is InChI=1S/C16H34N4O3S/c1-14(6-7-16(2,3)4)19-15(17-5)18-8-13-24(21,22)20-9-11-23-12-10-20/h14H,6-13H2,1-5H3,(H2,17,18,19). The molecule has 0 amide bonds. The van der Waals surface area contributed by atoms with Crippen LogP contribution >= 0.6 is 0 Å². The Balaban J connectivity index is 2.35. The Labute approximate surface area is 147 Å². The quantitative estimate of drug-likeness (QED) is 0.522. The molecule has 1 aliphatic heterocycles. The first kappa shape index (κ1) is 21.2. The molecule has 1 aliphatic rings. The van der Waals surface area contributed by atoms with Crippen LogP contribution in [0.25, 0.3) is 0 Å². The number of aliphatic imine (C=N–C) groups is 1. The van der Waals surface area contributed by atoms with E-state index >= 15 is 0 Å². The maximum Gasteiger partial charge on any atom is 0.215 e. The summed E-state index contributed by atoms with van der Waals surface area (Å²) in [5, 5.41) is 6.41. The van der Waals surface area contributed by atoms with Crippen LogP contribution in [0.1, 0.15) is 40.5 Å². The molecule has 0 aliphatic carbocycles. The van der Waals surface area contributed by atoms with Gasteiger partial charge < -0.3 is 15.4 Å². The second kappa shape index (κ2) is 9.58. The van der Waals surface area contributed by atoms with Crippen molar-refractivity contribution in [2.24, 2.45) is 10.4 Å². The zero-order valence-corrected chi connectivity index (χ0v) is 16.6. The Morgan fingerprint density at radius 3 is 2.46 bits per heavy atom. The molecule has 24 heavy (non-hydrogen) atoms. The minimum absolute atomic E-state index is 0.0596. The maximum atomic E-state index is 12.3. The molecule has 7 nitrogen and oxygen atoms in total. The highest BCUT2D eigenvalue weighted by Gasteiger charge is 2.23. The molecule has 0 aromatic carbocycles. The molecule has 8 heteroatoms. The van der Waals surface area contributed by atoms with E-state index in [1.54, 1.807) is 7.05 Å². The van der Waals surface area contributed by atoms with Gasteiger partial charge in [-0.3, -0.25) is 4.99 Å². The third-order valence-electron chi connectivity index (χ3n) is 3.95. The van der Waals surface area contributed by atoms with Gasteiger partial charge in [0.1, 0.15) is 0 Å². The monoisotopic (exact) mass is 362 g/mol. The predicted molar refractivity (Wildman–Crippen MR) is 98.8 cm³/mol. The number of morpholine rings is 1. The zero-order chi connectivity index (χ0) is 18.2. The molecule has 1 saturated heterocycles. The first-order valence-electron chi connectivity index (χ1n) is 8.67. The first-order chi connectivity index (χ1) is 11.1. The van der Waals surface area contributed by atoms with Crippen LogP contribution in [-0.4, -0.2) is 70.4 Å². The second-order valence-corrected chi connectivity index (χ2v) is 9.56. The van der Waals surface area contributed by atoms with Gasteiger partial charge in [0.15, 0.2) is 5.96 Å². The van der Waals surface area contributed by atoms with E-state index in [0.717, 1.165) is 12.8 Å². The summed E-state index contributed by atoms with van der Waals surface area (Å²) in [4.78, 5) is 4.17. The van der Waals surface area contributed by atoms with Gasteiger partial charge >= 0.3 is 0 Å². The molecule has 0 aromatic rings. The number of rotatable bonds is 7. The van der Waals surface area contributed by atoms with Gasteiger partial charge in [-0.25, -0.2) is 8.42 Å². The highest BCUT2D eigenvalue weighted by Crippen LogP contribution is 2.21. The van der Waals surface area contributed by atoms with Gasteiger partial charge in [0, 0.05) is 32.7 Å². The summed E-state index contributed by atoms with van der Waals surface area (Å²) < 4.78 is 31.2. The summed E-state index contributed by atoms with van der Waals surface area (Å²) in [6.07, 6.45) is 2.15. The van der Waals surface area contributed by atoms with Gasteiger partial charge in [-0.15, -0.1) is 0 Å². The lowest BCUT2D eigenvalue weighted by Gasteiger charge is -2.26. The van der Waals surface area contributed by atoms with Crippen LogP contribution < -0.4 is 10.6 Å². The minimum atomic E-state index is -3.24. The van der Waals surface area contributed by atoms with Gasteiger partial charge in [0.25, 0.3) is 0 Å². The lowest BCUT2D eigenvalue weighted by molar-refractivity contribution is 0.0730. The summed E-state index contributed by atoms with van der Waals surface area (Å²) in [6.45, 7) is 11.0. The van der Waals surface area contributed by atoms with Crippen LogP contribution in [0.4, 0.5) is 0 Å². The Morgan fingerprint density at radius 1 is 1.29 bits per heavy atom. The molecule has 1 unspecified atom stereocenters. The number of nitrogens with zero attached hydrogens (tertiary/aromatic N) is 2. The first-order valence-corrected chi connectivity index (χ1v) is 10.3. The van der Waals surface area contributed by atoms with Gasteiger partial charge in [-0.1, -0.05) is 20.8 Å². The number of hydrogen-bond acceptors (Lipinski definition) is 4. The summed E-state index contributed by atoms with van der Waals surface area (Å²) >= 11 is 0. The van der Waals surface area contributed by atoms with E-state index in [1.165, 1.54) is 4.31 Å². The van der Waals surface area contributed by atoms with E-state index in [9.17, 15) is 8.42 Å². The molecule has 1 fully saturated rings. The number of nitrogens with one attached hydrogen (secondary N) is 2. The van der Waals surface area contributed by atoms with Crippen molar-refractivity contribution in [2.45, 2.75) is 46.6 Å². The lowest BCUT2D eigenvalue weighted by Crippen LogP contribution is -2.46. The Bertz CT molecular complexity index is 494. The fraction of sp³-hybridized carbons (Fsp3) is 0.938. The lowest BCUT2D eigenvalue weighted by atomic mass is 9.89. The van der Waals surface area contributed by atoms with Crippen molar-refractivity contribution in [2.75, 3.05) is 45.6 Å². The number of sulfonamides is 1. The molecule has 1 heterocycles. The van der Waals surface area contributed by atoms with Crippen LogP contribution in [0.15, 0.2) is 4.99 Å². The number of guanidine groups is 1. The third-order valence-corrected chi connectivity index (χ3v) is 5.82.